The number of aryl methyl sites for hydroxylation is 1. The fourth-order valence-corrected chi connectivity index (χ4v) is 5.17. The summed E-state index contributed by atoms with van der Waals surface area (Å²) < 4.78 is 15.6. The molecule has 0 radical (unpaired) electrons. The lowest BCUT2D eigenvalue weighted by Gasteiger charge is -2.21. The molecule has 0 aliphatic rings. The minimum Gasteiger partial charge on any atom is -0.374 e. The summed E-state index contributed by atoms with van der Waals surface area (Å²) in [5, 5.41) is 6.61. The molecule has 0 bridgehead atoms. The molecule has 42 heavy (non-hydrogen) atoms. The number of imidazole rings is 1. The second-order valence-electron chi connectivity index (χ2n) is 11.2. The Hall–Kier alpha value is -3.33. The van der Waals surface area contributed by atoms with Gasteiger partial charge in [0.25, 0.3) is 5.91 Å². The van der Waals surface area contributed by atoms with E-state index in [1.165, 1.54) is 18.2 Å². The van der Waals surface area contributed by atoms with Crippen molar-refractivity contribution in [3.63, 3.8) is 0 Å². The lowest BCUT2D eigenvalue weighted by molar-refractivity contribution is -0.128. The molecule has 0 aliphatic heterocycles. The van der Waals surface area contributed by atoms with Gasteiger partial charge in [0.15, 0.2) is 0 Å². The van der Waals surface area contributed by atoms with E-state index in [-0.39, 0.29) is 23.4 Å². The molecule has 0 aliphatic carbocycles. The van der Waals surface area contributed by atoms with E-state index in [2.05, 4.69) is 10.6 Å². The number of benzene rings is 3. The van der Waals surface area contributed by atoms with Gasteiger partial charge in [-0.15, -0.1) is 0 Å². The van der Waals surface area contributed by atoms with Crippen molar-refractivity contribution in [1.82, 2.24) is 14.9 Å². The van der Waals surface area contributed by atoms with Crippen molar-refractivity contribution in [3.05, 3.63) is 85.9 Å². The first-order valence-electron chi connectivity index (χ1n) is 13.4. The van der Waals surface area contributed by atoms with Crippen molar-refractivity contribution in [2.24, 2.45) is 12.5 Å². The van der Waals surface area contributed by atoms with Gasteiger partial charge in [-0.05, 0) is 54.4 Å². The zero-order valence-electron chi connectivity index (χ0n) is 24.3. The average Bonchev–Trinajstić information content (AvgIpc) is 3.24. The van der Waals surface area contributed by atoms with Crippen molar-refractivity contribution in [1.29, 1.82) is 0 Å². The third-order valence-electron chi connectivity index (χ3n) is 7.12. The van der Waals surface area contributed by atoms with E-state index in [0.717, 1.165) is 11.1 Å². The van der Waals surface area contributed by atoms with Gasteiger partial charge >= 0.3 is 0 Å². The Kier molecular flexibility index (Phi) is 9.40. The fourth-order valence-electron chi connectivity index (χ4n) is 4.42. The van der Waals surface area contributed by atoms with E-state index in [9.17, 15) is 14.0 Å². The largest absolute Gasteiger partial charge is 0.374 e. The fraction of sp³-hybridized carbons (Fsp3) is 0.323. The maximum atomic E-state index is 13.6. The predicted molar refractivity (Wildman–Crippen MR) is 170 cm³/mol. The number of anilines is 2. The van der Waals surface area contributed by atoms with Crippen LogP contribution >= 0.6 is 34.8 Å². The van der Waals surface area contributed by atoms with Crippen molar-refractivity contribution >= 4 is 69.0 Å². The Morgan fingerprint density at radius 1 is 1.05 bits per heavy atom. The highest BCUT2D eigenvalue weighted by Crippen LogP contribution is 2.33. The minimum atomic E-state index is -0.566. The van der Waals surface area contributed by atoms with Crippen molar-refractivity contribution in [3.8, 4) is 0 Å². The number of nitrogens with one attached hydrogen (secondary N) is 2. The summed E-state index contributed by atoms with van der Waals surface area (Å²) >= 11 is 19.3. The molecule has 0 spiro atoms. The summed E-state index contributed by atoms with van der Waals surface area (Å²) in [7, 11) is 3.79. The third-order valence-corrected chi connectivity index (χ3v) is 8.23. The van der Waals surface area contributed by atoms with Gasteiger partial charge in [-0.2, -0.15) is 0 Å². The number of amides is 2. The number of hydrogen-bond donors (Lipinski definition) is 2. The molecule has 1 aromatic heterocycles. The summed E-state index contributed by atoms with van der Waals surface area (Å²) in [4.78, 5) is 32.6. The van der Waals surface area contributed by atoms with Gasteiger partial charge in [-0.1, -0.05) is 61.6 Å². The van der Waals surface area contributed by atoms with Crippen LogP contribution in [0, 0.1) is 11.2 Å². The van der Waals surface area contributed by atoms with Crippen LogP contribution < -0.4 is 15.5 Å². The van der Waals surface area contributed by atoms with Gasteiger partial charge < -0.3 is 20.1 Å². The standard InChI is InChI=1S/C31H33Cl3FN5O2/c1-7-39(5)25-15-26-24(13-20(25)29(41)37-18-9-11-23(35)22(33)12-18)38-27(40(26)6)14-19-21(32)10-8-17(28(19)34)16-36-30(42)31(2,3)4/h8-13,15H,7,14,16H2,1-6H3,(H,36,42)(H,37,41). The quantitative estimate of drug-likeness (QED) is 0.209. The Labute approximate surface area is 260 Å². The number of rotatable bonds is 8. The smallest absolute Gasteiger partial charge is 0.257 e. The molecule has 0 fully saturated rings. The van der Waals surface area contributed by atoms with Gasteiger partial charge in [-0.25, -0.2) is 9.37 Å². The van der Waals surface area contributed by atoms with Crippen LogP contribution in [-0.4, -0.2) is 35.0 Å². The molecule has 2 amide bonds. The Balaban J connectivity index is 1.70. The van der Waals surface area contributed by atoms with Crippen LogP contribution in [0.15, 0.2) is 42.5 Å². The summed E-state index contributed by atoms with van der Waals surface area (Å²) in [5.74, 6) is -0.333. The first-order valence-corrected chi connectivity index (χ1v) is 14.6. The molecule has 0 unspecified atom stereocenters. The molecular weight excluding hydrogens is 600 g/mol. The highest BCUT2D eigenvalue weighted by molar-refractivity contribution is 6.36. The second-order valence-corrected chi connectivity index (χ2v) is 12.3. The molecule has 3 aromatic carbocycles. The van der Waals surface area contributed by atoms with E-state index in [4.69, 9.17) is 39.8 Å². The van der Waals surface area contributed by atoms with Gasteiger partial charge in [0.2, 0.25) is 5.91 Å². The molecule has 7 nitrogen and oxygen atoms in total. The maximum absolute atomic E-state index is 13.6. The predicted octanol–water partition coefficient (Wildman–Crippen LogP) is 7.63. The molecule has 4 aromatic rings. The van der Waals surface area contributed by atoms with Crippen LogP contribution in [0.25, 0.3) is 11.0 Å². The van der Waals surface area contributed by atoms with E-state index < -0.39 is 11.2 Å². The van der Waals surface area contributed by atoms with Gasteiger partial charge in [-0.3, -0.25) is 9.59 Å². The first kappa shape index (κ1) is 31.6. The summed E-state index contributed by atoms with van der Waals surface area (Å²) in [5.41, 5.74) is 3.84. The van der Waals surface area contributed by atoms with Crippen molar-refractivity contribution in [2.75, 3.05) is 23.8 Å². The lowest BCUT2D eigenvalue weighted by Crippen LogP contribution is -2.34. The molecule has 4 rings (SSSR count). The topological polar surface area (TPSA) is 79.3 Å². The Morgan fingerprint density at radius 2 is 1.76 bits per heavy atom. The third kappa shape index (κ3) is 6.66. The first-order chi connectivity index (χ1) is 19.7. The van der Waals surface area contributed by atoms with E-state index in [0.29, 0.717) is 56.9 Å². The van der Waals surface area contributed by atoms with E-state index in [1.807, 2.05) is 57.3 Å². The maximum Gasteiger partial charge on any atom is 0.257 e. The van der Waals surface area contributed by atoms with Crippen LogP contribution in [0.2, 0.25) is 15.1 Å². The SMILES string of the molecule is CCN(C)c1cc2c(cc1C(=O)Nc1ccc(F)c(Cl)c1)nc(Cc1c(Cl)ccc(CNC(=O)C(C)(C)C)c1Cl)n2C. The summed E-state index contributed by atoms with van der Waals surface area (Å²) in [6.45, 7) is 8.45. The number of halogens is 4. The van der Waals surface area contributed by atoms with Crippen LogP contribution in [0.3, 0.4) is 0 Å². The highest BCUT2D eigenvalue weighted by atomic mass is 35.5. The summed E-state index contributed by atoms with van der Waals surface area (Å²) in [6.07, 6.45) is 0.332. The number of nitrogens with zero attached hydrogens (tertiary/aromatic N) is 3. The van der Waals surface area contributed by atoms with Crippen LogP contribution in [-0.2, 0) is 24.8 Å². The summed E-state index contributed by atoms with van der Waals surface area (Å²) in [6, 6.07) is 11.3. The Morgan fingerprint density at radius 3 is 2.40 bits per heavy atom. The number of fused-ring (bicyclic) bond motifs is 1. The van der Waals surface area contributed by atoms with E-state index in [1.54, 1.807) is 18.2 Å². The Bertz CT molecular complexity index is 1680. The van der Waals surface area contributed by atoms with Crippen molar-refractivity contribution < 1.29 is 14.0 Å². The molecule has 0 saturated carbocycles. The number of carbonyl (C=O) groups is 2. The van der Waals surface area contributed by atoms with Crippen LogP contribution in [0.1, 0.15) is 55.0 Å². The van der Waals surface area contributed by atoms with Crippen LogP contribution in [0.5, 0.6) is 0 Å². The molecule has 1 heterocycles. The van der Waals surface area contributed by atoms with Gasteiger partial charge in [0.05, 0.1) is 32.3 Å². The second kappa shape index (κ2) is 12.5. The normalized spacial score (nSPS) is 11.6. The van der Waals surface area contributed by atoms with Gasteiger partial charge in [0.1, 0.15) is 11.6 Å². The molecule has 2 N–H and O–H groups in total. The van der Waals surface area contributed by atoms with Crippen molar-refractivity contribution in [2.45, 2.75) is 40.7 Å². The number of carbonyl (C=O) groups excluding carboxylic acids is 2. The minimum absolute atomic E-state index is 0.0820. The number of aromatic nitrogens is 2. The molecule has 0 saturated heterocycles. The highest BCUT2D eigenvalue weighted by Gasteiger charge is 2.23. The molecular formula is C31H33Cl3FN5O2. The van der Waals surface area contributed by atoms with Crippen LogP contribution in [0.4, 0.5) is 15.8 Å². The molecule has 222 valence electrons. The number of hydrogen-bond acceptors (Lipinski definition) is 4. The molecule has 11 heteroatoms. The molecule has 0 atom stereocenters. The lowest BCUT2D eigenvalue weighted by atomic mass is 9.95. The monoisotopic (exact) mass is 631 g/mol. The average molecular weight is 633 g/mol. The zero-order chi connectivity index (χ0) is 30.9. The zero-order valence-corrected chi connectivity index (χ0v) is 26.6. The van der Waals surface area contributed by atoms with Gasteiger partial charge in [0, 0.05) is 49.7 Å². The van der Waals surface area contributed by atoms with E-state index >= 15 is 0 Å².